The third-order valence-electron chi connectivity index (χ3n) is 5.33. The van der Waals surface area contributed by atoms with Gasteiger partial charge in [-0.25, -0.2) is 15.0 Å². The number of nitrogens with one attached hydrogen (secondary N) is 1. The highest BCUT2D eigenvalue weighted by Gasteiger charge is 2.45. The van der Waals surface area contributed by atoms with Crippen LogP contribution in [0.1, 0.15) is 47.5 Å². The lowest BCUT2D eigenvalue weighted by Gasteiger charge is -2.20. The standard InChI is InChI=1S/C17H24N6/c1-9-10(2)18-11(3)20-17(9)23-7-14(13-5-6-13)15(8-23)16-19-12(4)21-22-16/h13-15H,5-8H2,1-4H3,(H,19,21,22)/t14-,15+/m0/s1. The molecule has 122 valence electrons. The number of anilines is 1. The molecule has 6 nitrogen and oxygen atoms in total. The van der Waals surface area contributed by atoms with Gasteiger partial charge in [-0.3, -0.25) is 5.10 Å². The molecular formula is C17H24N6. The van der Waals surface area contributed by atoms with Gasteiger partial charge < -0.3 is 4.90 Å². The number of nitrogens with zero attached hydrogens (tertiary/aromatic N) is 5. The Hall–Kier alpha value is -1.98. The van der Waals surface area contributed by atoms with Crippen molar-refractivity contribution in [1.29, 1.82) is 0 Å². The summed E-state index contributed by atoms with van der Waals surface area (Å²) < 4.78 is 0. The van der Waals surface area contributed by atoms with Gasteiger partial charge in [0.05, 0.1) is 0 Å². The van der Waals surface area contributed by atoms with E-state index in [2.05, 4.69) is 38.9 Å². The molecule has 1 N–H and O–H groups in total. The van der Waals surface area contributed by atoms with Crippen LogP contribution < -0.4 is 4.90 Å². The molecule has 2 aromatic heterocycles. The van der Waals surface area contributed by atoms with Crippen LogP contribution in [-0.4, -0.2) is 38.2 Å². The van der Waals surface area contributed by atoms with Crippen LogP contribution in [-0.2, 0) is 0 Å². The van der Waals surface area contributed by atoms with Crippen molar-refractivity contribution in [3.05, 3.63) is 28.7 Å². The topological polar surface area (TPSA) is 70.6 Å². The zero-order valence-corrected chi connectivity index (χ0v) is 14.3. The van der Waals surface area contributed by atoms with Crippen molar-refractivity contribution in [3.63, 3.8) is 0 Å². The highest BCUT2D eigenvalue weighted by molar-refractivity contribution is 5.50. The molecule has 0 radical (unpaired) electrons. The van der Waals surface area contributed by atoms with Gasteiger partial charge in [-0.05, 0) is 52.4 Å². The summed E-state index contributed by atoms with van der Waals surface area (Å²) >= 11 is 0. The largest absolute Gasteiger partial charge is 0.355 e. The number of aromatic nitrogens is 5. The fourth-order valence-electron chi connectivity index (χ4n) is 3.88. The highest BCUT2D eigenvalue weighted by atomic mass is 15.3. The quantitative estimate of drug-likeness (QED) is 0.942. The third-order valence-corrected chi connectivity index (χ3v) is 5.33. The van der Waals surface area contributed by atoms with Gasteiger partial charge in [-0.15, -0.1) is 0 Å². The van der Waals surface area contributed by atoms with Crippen LogP contribution in [0.4, 0.5) is 5.82 Å². The van der Waals surface area contributed by atoms with E-state index < -0.39 is 0 Å². The molecule has 0 bridgehead atoms. The number of hydrogen-bond acceptors (Lipinski definition) is 5. The molecule has 6 heteroatoms. The van der Waals surface area contributed by atoms with Crippen molar-refractivity contribution < 1.29 is 0 Å². The van der Waals surface area contributed by atoms with Crippen LogP contribution in [0.3, 0.4) is 0 Å². The SMILES string of the molecule is Cc1n[nH]c([C@@H]2CN(c3nc(C)nc(C)c3C)C[C@H]2C2CC2)n1. The maximum atomic E-state index is 4.73. The molecular weight excluding hydrogens is 288 g/mol. The molecule has 0 amide bonds. The summed E-state index contributed by atoms with van der Waals surface area (Å²) in [6, 6.07) is 0. The number of hydrogen-bond donors (Lipinski definition) is 1. The van der Waals surface area contributed by atoms with Gasteiger partial charge in [0, 0.05) is 30.3 Å². The monoisotopic (exact) mass is 312 g/mol. The molecule has 2 fully saturated rings. The second kappa shape index (κ2) is 5.28. The first-order valence-corrected chi connectivity index (χ1v) is 8.48. The fraction of sp³-hybridized carbons (Fsp3) is 0.647. The summed E-state index contributed by atoms with van der Waals surface area (Å²) in [5, 5.41) is 7.39. The Morgan fingerprint density at radius 2 is 1.74 bits per heavy atom. The summed E-state index contributed by atoms with van der Waals surface area (Å²) in [4.78, 5) is 16.3. The lowest BCUT2D eigenvalue weighted by atomic mass is 9.91. The summed E-state index contributed by atoms with van der Waals surface area (Å²) in [6.45, 7) is 10.1. The predicted molar refractivity (Wildman–Crippen MR) is 88.5 cm³/mol. The van der Waals surface area contributed by atoms with E-state index in [1.165, 1.54) is 18.4 Å². The minimum atomic E-state index is 0.429. The van der Waals surface area contributed by atoms with Crippen LogP contribution in [0.15, 0.2) is 0 Å². The number of aryl methyl sites for hydroxylation is 3. The van der Waals surface area contributed by atoms with Crippen LogP contribution >= 0.6 is 0 Å². The van der Waals surface area contributed by atoms with Crippen LogP contribution in [0, 0.1) is 39.5 Å². The average molecular weight is 312 g/mol. The van der Waals surface area contributed by atoms with E-state index in [0.717, 1.165) is 48.0 Å². The molecule has 1 saturated heterocycles. The van der Waals surface area contributed by atoms with Crippen molar-refractivity contribution in [2.24, 2.45) is 11.8 Å². The van der Waals surface area contributed by atoms with Crippen molar-refractivity contribution in [1.82, 2.24) is 25.1 Å². The molecule has 0 unspecified atom stereocenters. The zero-order valence-electron chi connectivity index (χ0n) is 14.3. The van der Waals surface area contributed by atoms with Crippen molar-refractivity contribution in [2.75, 3.05) is 18.0 Å². The smallest absolute Gasteiger partial charge is 0.147 e. The van der Waals surface area contributed by atoms with E-state index in [9.17, 15) is 0 Å². The van der Waals surface area contributed by atoms with Gasteiger partial charge in [0.25, 0.3) is 0 Å². The molecule has 2 aliphatic rings. The first-order chi connectivity index (χ1) is 11.0. The Kier molecular flexibility index (Phi) is 3.36. The van der Waals surface area contributed by atoms with Crippen molar-refractivity contribution in [3.8, 4) is 0 Å². The summed E-state index contributed by atoms with van der Waals surface area (Å²) in [5.41, 5.74) is 2.27. The molecule has 2 aromatic rings. The first-order valence-electron chi connectivity index (χ1n) is 8.48. The number of rotatable bonds is 3. The third kappa shape index (κ3) is 2.60. The van der Waals surface area contributed by atoms with Crippen LogP contribution in [0.2, 0.25) is 0 Å². The lowest BCUT2D eigenvalue weighted by Crippen LogP contribution is -2.23. The first kappa shape index (κ1) is 14.6. The van der Waals surface area contributed by atoms with Gasteiger partial charge in [-0.1, -0.05) is 0 Å². The lowest BCUT2D eigenvalue weighted by molar-refractivity contribution is 0.445. The Balaban J connectivity index is 1.67. The molecule has 1 aliphatic heterocycles. The van der Waals surface area contributed by atoms with Gasteiger partial charge in [0.15, 0.2) is 0 Å². The summed E-state index contributed by atoms with van der Waals surface area (Å²) in [7, 11) is 0. The second-order valence-electron chi connectivity index (χ2n) is 7.09. The second-order valence-corrected chi connectivity index (χ2v) is 7.09. The molecule has 0 spiro atoms. The molecule has 4 rings (SSSR count). The Bertz CT molecular complexity index is 733. The van der Waals surface area contributed by atoms with E-state index in [-0.39, 0.29) is 0 Å². The predicted octanol–water partition coefficient (Wildman–Crippen LogP) is 2.46. The van der Waals surface area contributed by atoms with E-state index in [1.54, 1.807) is 0 Å². The minimum absolute atomic E-state index is 0.429. The van der Waals surface area contributed by atoms with E-state index in [1.807, 2.05) is 13.8 Å². The van der Waals surface area contributed by atoms with Gasteiger partial charge in [0.2, 0.25) is 0 Å². The average Bonchev–Trinajstić information content (AvgIpc) is 3.11. The maximum Gasteiger partial charge on any atom is 0.147 e. The normalized spacial score (nSPS) is 24.4. The van der Waals surface area contributed by atoms with Crippen LogP contribution in [0.5, 0.6) is 0 Å². The maximum absolute atomic E-state index is 4.73. The minimum Gasteiger partial charge on any atom is -0.355 e. The molecule has 2 atom stereocenters. The van der Waals surface area contributed by atoms with E-state index >= 15 is 0 Å². The number of H-pyrrole nitrogens is 1. The highest BCUT2D eigenvalue weighted by Crippen LogP contribution is 2.47. The molecule has 1 saturated carbocycles. The van der Waals surface area contributed by atoms with Gasteiger partial charge >= 0.3 is 0 Å². The van der Waals surface area contributed by atoms with Gasteiger partial charge in [-0.2, -0.15) is 5.10 Å². The Labute approximate surface area is 136 Å². The summed E-state index contributed by atoms with van der Waals surface area (Å²) in [6.07, 6.45) is 2.70. The summed E-state index contributed by atoms with van der Waals surface area (Å²) in [5.74, 6) is 5.74. The number of aromatic amines is 1. The van der Waals surface area contributed by atoms with E-state index in [4.69, 9.17) is 4.98 Å². The molecule has 1 aliphatic carbocycles. The van der Waals surface area contributed by atoms with Gasteiger partial charge in [0.1, 0.15) is 23.3 Å². The van der Waals surface area contributed by atoms with E-state index in [0.29, 0.717) is 11.8 Å². The Morgan fingerprint density at radius 1 is 0.957 bits per heavy atom. The Morgan fingerprint density at radius 3 is 2.39 bits per heavy atom. The molecule has 23 heavy (non-hydrogen) atoms. The molecule has 0 aromatic carbocycles. The zero-order chi connectivity index (χ0) is 16.1. The molecule has 3 heterocycles. The van der Waals surface area contributed by atoms with Crippen LogP contribution in [0.25, 0.3) is 0 Å². The fourth-order valence-corrected chi connectivity index (χ4v) is 3.88. The van der Waals surface area contributed by atoms with Crippen molar-refractivity contribution in [2.45, 2.75) is 46.5 Å². The van der Waals surface area contributed by atoms with Crippen molar-refractivity contribution >= 4 is 5.82 Å².